The lowest BCUT2D eigenvalue weighted by molar-refractivity contribution is -0.154. The van der Waals surface area contributed by atoms with Gasteiger partial charge in [0.05, 0.1) is 65.9 Å². The normalized spacial score (nSPS) is 16.2. The number of halogens is 6. The molecule has 0 saturated carbocycles. The van der Waals surface area contributed by atoms with Gasteiger partial charge in [0.2, 0.25) is 11.8 Å². The number of alkyl halides is 6. The van der Waals surface area contributed by atoms with E-state index in [1.165, 1.54) is 70.5 Å². The maximum atomic E-state index is 16.0. The quantitative estimate of drug-likeness (QED) is 0.0508. The van der Waals surface area contributed by atoms with Crippen LogP contribution in [0.2, 0.25) is 0 Å². The highest BCUT2D eigenvalue weighted by Gasteiger charge is 2.43. The Morgan fingerprint density at radius 2 is 0.920 bits per heavy atom. The third-order valence-electron chi connectivity index (χ3n) is 12.0. The molecule has 2 saturated heterocycles. The van der Waals surface area contributed by atoms with Crippen molar-refractivity contribution < 1.29 is 83.5 Å². The smallest absolute Gasteiger partial charge is 0.418 e. The number of carbonyl (C=O) groups is 6. The van der Waals surface area contributed by atoms with Crippen LogP contribution in [-0.2, 0) is 50.5 Å². The van der Waals surface area contributed by atoms with Gasteiger partial charge in [0.25, 0.3) is 0 Å². The number of amides is 4. The van der Waals surface area contributed by atoms with Gasteiger partial charge < -0.3 is 48.0 Å². The number of ether oxygens (including phenoxy) is 6. The van der Waals surface area contributed by atoms with Gasteiger partial charge in [0.1, 0.15) is 23.6 Å². The Kier molecular flexibility index (Phi) is 18.5. The monoisotopic (exact) mass is 1070 g/mol. The van der Waals surface area contributed by atoms with Crippen molar-refractivity contribution in [1.82, 2.24) is 19.6 Å². The van der Waals surface area contributed by atoms with Gasteiger partial charge in [-0.25, -0.2) is 19.2 Å². The zero-order chi connectivity index (χ0) is 54.8. The number of methoxy groups -OCH3 is 4. The first-order valence-electron chi connectivity index (χ1n) is 23.1. The summed E-state index contributed by atoms with van der Waals surface area (Å²) in [5.74, 6) is -3.45. The predicted octanol–water partition coefficient (Wildman–Crippen LogP) is 8.94. The van der Waals surface area contributed by atoms with Crippen LogP contribution in [0.4, 0.5) is 35.9 Å². The molecule has 0 aliphatic carbocycles. The molecule has 400 valence electrons. The highest BCUT2D eigenvalue weighted by Crippen LogP contribution is 2.53. The van der Waals surface area contributed by atoms with E-state index in [2.05, 4.69) is 0 Å². The van der Waals surface area contributed by atoms with Gasteiger partial charge in [0.15, 0.2) is 0 Å². The number of rotatable bonds is 14. The summed E-state index contributed by atoms with van der Waals surface area (Å²) < 4.78 is 127. The molecule has 2 fully saturated rings. The second-order valence-corrected chi connectivity index (χ2v) is 17.5. The van der Waals surface area contributed by atoms with Crippen LogP contribution in [0.5, 0.6) is 11.5 Å². The Labute approximate surface area is 431 Å². The Bertz CT molecular complexity index is 2670. The maximum absolute atomic E-state index is 16.0. The molecule has 2 aliphatic heterocycles. The van der Waals surface area contributed by atoms with Crippen molar-refractivity contribution >= 4 is 59.9 Å². The van der Waals surface area contributed by atoms with Crippen LogP contribution >= 0.6 is 11.8 Å². The summed E-state index contributed by atoms with van der Waals surface area (Å²) in [4.78, 5) is 81.2. The number of hydrogen-bond donors (Lipinski definition) is 0. The molecule has 23 heteroatoms. The Morgan fingerprint density at radius 3 is 1.25 bits per heavy atom. The van der Waals surface area contributed by atoms with Gasteiger partial charge in [0, 0.05) is 70.4 Å². The first-order chi connectivity index (χ1) is 35.7. The first-order valence-corrected chi connectivity index (χ1v) is 23.9. The molecule has 2 aliphatic rings. The summed E-state index contributed by atoms with van der Waals surface area (Å²) in [6.45, 7) is 2.13. The van der Waals surface area contributed by atoms with E-state index in [4.69, 9.17) is 28.4 Å². The summed E-state index contributed by atoms with van der Waals surface area (Å²) >= 11 is 0.175. The molecule has 2 atom stereocenters. The lowest BCUT2D eigenvalue weighted by Gasteiger charge is -2.38. The van der Waals surface area contributed by atoms with Gasteiger partial charge in [-0.05, 0) is 61.4 Å². The van der Waals surface area contributed by atoms with Gasteiger partial charge >= 0.3 is 36.5 Å². The van der Waals surface area contributed by atoms with E-state index in [9.17, 15) is 28.8 Å². The Balaban J connectivity index is 1.53. The molecule has 4 aromatic rings. The van der Waals surface area contributed by atoms with Crippen molar-refractivity contribution in [3.8, 4) is 33.8 Å². The average molecular weight is 1070 g/mol. The number of esters is 2. The first kappa shape index (κ1) is 56.6. The lowest BCUT2D eigenvalue weighted by Crippen LogP contribution is -2.59. The Morgan fingerprint density at radius 1 is 0.547 bits per heavy atom. The van der Waals surface area contributed by atoms with Crippen LogP contribution in [-0.4, -0.2) is 149 Å². The second kappa shape index (κ2) is 24.6. The largest absolute Gasteiger partial charge is 0.493 e. The van der Waals surface area contributed by atoms with Crippen LogP contribution in [0, 0.1) is 0 Å². The van der Waals surface area contributed by atoms with Gasteiger partial charge in [-0.3, -0.25) is 9.59 Å². The molecular weight excluding hydrogens is 1020 g/mol. The Hall–Kier alpha value is -7.69. The minimum absolute atomic E-state index is 0.00809. The summed E-state index contributed by atoms with van der Waals surface area (Å²) in [6, 6.07) is 13.2. The number of hydrogen-bond acceptors (Lipinski definition) is 13. The molecule has 0 aromatic heterocycles. The fourth-order valence-corrected chi connectivity index (χ4v) is 9.84. The van der Waals surface area contributed by atoms with E-state index in [1.54, 1.807) is 13.8 Å². The topological polar surface area (TPSA) is 171 Å². The molecule has 4 amide bonds. The highest BCUT2D eigenvalue weighted by atomic mass is 32.2. The van der Waals surface area contributed by atoms with Crippen molar-refractivity contribution in [3.63, 3.8) is 0 Å². The van der Waals surface area contributed by atoms with E-state index in [-0.39, 0.29) is 98.0 Å². The molecule has 0 bridgehead atoms. The van der Waals surface area contributed by atoms with Crippen molar-refractivity contribution in [2.75, 3.05) is 80.9 Å². The molecule has 0 N–H and O–H groups in total. The molecule has 2 unspecified atom stereocenters. The fourth-order valence-electron chi connectivity index (χ4n) is 8.69. The molecule has 0 spiro atoms. The van der Waals surface area contributed by atoms with Crippen molar-refractivity contribution in [2.24, 2.45) is 0 Å². The zero-order valence-corrected chi connectivity index (χ0v) is 42.2. The maximum Gasteiger partial charge on any atom is 0.418 e. The SMILES string of the molecule is CCOc1ccccc1-c1c(/C=C/C(=O)N2CCN(C(=O)OC)CC2C(=O)OC)ccc(Sc2ccc(/C=C/C(=O)N3CCN(C(=O)OC)CC3C(=O)OC)c(-c3ccccc3OCC)c2C(F)(F)F)c1C(F)(F)F. The molecular formula is C52H52F6N4O12S. The van der Waals surface area contributed by atoms with Crippen molar-refractivity contribution in [2.45, 2.75) is 48.1 Å². The van der Waals surface area contributed by atoms with Gasteiger partial charge in [-0.1, -0.05) is 60.3 Å². The fraction of sp³-hybridized carbons (Fsp3) is 0.346. The minimum atomic E-state index is -5.28. The van der Waals surface area contributed by atoms with Gasteiger partial charge in [-0.15, -0.1) is 0 Å². The van der Waals surface area contributed by atoms with E-state index >= 15 is 26.3 Å². The number of nitrogens with zero attached hydrogens (tertiary/aromatic N) is 4. The molecule has 0 radical (unpaired) electrons. The molecule has 16 nitrogen and oxygen atoms in total. The molecule has 6 rings (SSSR count). The average Bonchev–Trinajstić information content (AvgIpc) is 3.40. The summed E-state index contributed by atoms with van der Waals surface area (Å²) in [5.41, 5.74) is -4.49. The third kappa shape index (κ3) is 12.8. The van der Waals surface area contributed by atoms with Gasteiger partial charge in [-0.2, -0.15) is 26.3 Å². The molecule has 2 heterocycles. The summed E-state index contributed by atoms with van der Waals surface area (Å²) in [6.07, 6.45) is -8.03. The van der Waals surface area contributed by atoms with Crippen LogP contribution in [0.1, 0.15) is 36.1 Å². The third-order valence-corrected chi connectivity index (χ3v) is 13.2. The van der Waals surface area contributed by atoms with Crippen molar-refractivity contribution in [1.29, 1.82) is 0 Å². The molecule has 75 heavy (non-hydrogen) atoms. The summed E-state index contributed by atoms with van der Waals surface area (Å²) in [7, 11) is 4.43. The van der Waals surface area contributed by atoms with E-state index in [0.29, 0.717) is 0 Å². The van der Waals surface area contributed by atoms with Crippen molar-refractivity contribution in [3.05, 3.63) is 107 Å². The van der Waals surface area contributed by atoms with Crippen LogP contribution < -0.4 is 9.47 Å². The number of benzene rings is 4. The summed E-state index contributed by atoms with van der Waals surface area (Å²) in [5, 5.41) is 0. The van der Waals surface area contributed by atoms with Crippen LogP contribution in [0.25, 0.3) is 34.4 Å². The standard InChI is InChI=1S/C52H52F6N4O12S/c1-7-73-37-15-11-9-13-33(37)43-31(19-23-41(63)61-27-25-59(49(67)71-5)29-35(61)47(65)69-3)17-21-39(45(43)51(53,54)55)75-40-22-18-32(44(46(40)52(56,57)58)34-14-10-12-16-38(34)74-8-2)20-24-42(64)62-28-26-60(50(68)72-6)30-36(62)48(66)70-4/h9-24,35-36H,7-8,25-30H2,1-6H3/b23-19+,24-20+. The second-order valence-electron chi connectivity index (χ2n) is 16.4. The lowest BCUT2D eigenvalue weighted by atomic mass is 9.92. The predicted molar refractivity (Wildman–Crippen MR) is 261 cm³/mol. The van der Waals surface area contributed by atoms with Crippen LogP contribution in [0.3, 0.4) is 0 Å². The van der Waals surface area contributed by atoms with Crippen LogP contribution in [0.15, 0.2) is 94.7 Å². The van der Waals surface area contributed by atoms with E-state index in [1.807, 2.05) is 0 Å². The van der Waals surface area contributed by atoms with E-state index in [0.717, 1.165) is 74.7 Å². The number of para-hydroxylation sites is 2. The molecule has 4 aromatic carbocycles. The number of piperazine rings is 2. The minimum Gasteiger partial charge on any atom is -0.493 e. The highest BCUT2D eigenvalue weighted by molar-refractivity contribution is 7.99. The van der Waals surface area contributed by atoms with E-state index < -0.39 is 92.4 Å². The zero-order valence-electron chi connectivity index (χ0n) is 41.4. The number of carbonyl (C=O) groups excluding carboxylic acids is 6.